The van der Waals surface area contributed by atoms with Crippen LogP contribution in [0.4, 0.5) is 22.7 Å². The number of azo groups is 2. The molecule has 0 unspecified atom stereocenters. The molecule has 0 saturated carbocycles. The van der Waals surface area contributed by atoms with E-state index < -0.39 is 41.5 Å². The van der Waals surface area contributed by atoms with Crippen molar-refractivity contribution in [2.45, 2.75) is 9.79 Å². The van der Waals surface area contributed by atoms with Crippen molar-refractivity contribution in [3.05, 3.63) is 133 Å². The molecule has 57 heavy (non-hydrogen) atoms. The van der Waals surface area contributed by atoms with Crippen LogP contribution < -0.4 is 0 Å². The van der Waals surface area contributed by atoms with Crippen molar-refractivity contribution < 1.29 is 65.8 Å². The SMILES string of the molecule is O=S(=O)(O)c1cc(O)c(N=Nc2c(O)ccc3ccccc23)c2ccccc12.O=S(=O)(O)c1cc(O)c(N=Nc2c(O)ccc3ccccc23)c2ccccc12.[Zn]. The van der Waals surface area contributed by atoms with Crippen LogP contribution in [-0.2, 0) is 39.7 Å². The fourth-order valence-corrected chi connectivity index (χ4v) is 7.59. The molecule has 0 radical (unpaired) electrons. The molecule has 0 saturated heterocycles. The second kappa shape index (κ2) is 16.0. The van der Waals surface area contributed by atoms with Crippen LogP contribution in [0.3, 0.4) is 0 Å². The Balaban J connectivity index is 0.000000189. The average molecular weight is 854 g/mol. The summed E-state index contributed by atoms with van der Waals surface area (Å²) in [4.78, 5) is -0.847. The molecule has 0 aliphatic heterocycles. The molecule has 0 bridgehead atoms. The van der Waals surface area contributed by atoms with Crippen LogP contribution in [0.5, 0.6) is 23.0 Å². The summed E-state index contributed by atoms with van der Waals surface area (Å²) < 4.78 is 65.4. The normalized spacial score (nSPS) is 12.0. The summed E-state index contributed by atoms with van der Waals surface area (Å²) in [5.41, 5.74) is 0.492. The summed E-state index contributed by atoms with van der Waals surface area (Å²) in [6.07, 6.45) is 0. The van der Waals surface area contributed by atoms with Gasteiger partial charge in [-0.2, -0.15) is 16.8 Å². The number of phenols is 4. The van der Waals surface area contributed by atoms with Crippen LogP contribution in [0.2, 0.25) is 0 Å². The number of phenolic OH excluding ortho intramolecular Hbond substituents is 4. The quantitative estimate of drug-likeness (QED) is 0.0525. The van der Waals surface area contributed by atoms with Crippen molar-refractivity contribution in [1.29, 1.82) is 0 Å². The number of aromatic hydroxyl groups is 4. The molecule has 8 rings (SSSR count). The molecule has 0 aliphatic carbocycles. The van der Waals surface area contributed by atoms with Crippen molar-refractivity contribution in [3.8, 4) is 23.0 Å². The van der Waals surface area contributed by atoms with Gasteiger partial charge in [0, 0.05) is 63.9 Å². The second-order valence-electron chi connectivity index (χ2n) is 12.2. The maximum absolute atomic E-state index is 11.6. The van der Waals surface area contributed by atoms with Gasteiger partial charge in [0.1, 0.15) is 55.5 Å². The maximum Gasteiger partial charge on any atom is 0.295 e. The van der Waals surface area contributed by atoms with Gasteiger partial charge in [0.25, 0.3) is 20.2 Å². The molecule has 0 spiro atoms. The predicted octanol–water partition coefficient (Wildman–Crippen LogP) is 10.1. The smallest absolute Gasteiger partial charge is 0.295 e. The third-order valence-corrected chi connectivity index (χ3v) is 10.5. The summed E-state index contributed by atoms with van der Waals surface area (Å²) in [5.74, 6) is -1.09. The molecular formula is C40H28N4O10S2Zn. The second-order valence-corrected chi connectivity index (χ2v) is 15.0. The molecule has 0 atom stereocenters. The van der Waals surface area contributed by atoms with Gasteiger partial charge in [-0.05, 0) is 22.9 Å². The van der Waals surface area contributed by atoms with Crippen LogP contribution >= 0.6 is 0 Å². The van der Waals surface area contributed by atoms with Crippen molar-refractivity contribution in [2.75, 3.05) is 0 Å². The van der Waals surface area contributed by atoms with Gasteiger partial charge < -0.3 is 20.4 Å². The van der Waals surface area contributed by atoms with E-state index in [4.69, 9.17) is 0 Å². The fraction of sp³-hybridized carbons (Fsp3) is 0. The molecule has 0 fully saturated rings. The largest absolute Gasteiger partial charge is 0.506 e. The Hall–Kier alpha value is -6.36. The van der Waals surface area contributed by atoms with E-state index in [9.17, 15) is 46.4 Å². The van der Waals surface area contributed by atoms with E-state index in [1.165, 1.54) is 24.3 Å². The Bertz CT molecular complexity index is 2950. The van der Waals surface area contributed by atoms with Gasteiger partial charge in [-0.3, -0.25) is 9.11 Å². The van der Waals surface area contributed by atoms with Gasteiger partial charge in [0.15, 0.2) is 0 Å². The Morgan fingerprint density at radius 2 is 0.632 bits per heavy atom. The summed E-state index contributed by atoms with van der Waals surface area (Å²) in [6.45, 7) is 0. The van der Waals surface area contributed by atoms with Gasteiger partial charge >= 0.3 is 0 Å². The van der Waals surface area contributed by atoms with Crippen LogP contribution in [0.15, 0.2) is 164 Å². The van der Waals surface area contributed by atoms with E-state index in [1.807, 2.05) is 24.3 Å². The number of hydrogen-bond acceptors (Lipinski definition) is 12. The molecule has 17 heteroatoms. The average Bonchev–Trinajstić information content (AvgIpc) is 3.17. The van der Waals surface area contributed by atoms with E-state index in [1.54, 1.807) is 72.8 Å². The first kappa shape index (κ1) is 40.3. The van der Waals surface area contributed by atoms with Crippen molar-refractivity contribution >= 4 is 86.1 Å². The van der Waals surface area contributed by atoms with Crippen LogP contribution in [-0.4, -0.2) is 46.4 Å². The van der Waals surface area contributed by atoms with Crippen LogP contribution in [0, 0.1) is 0 Å². The zero-order valence-electron chi connectivity index (χ0n) is 29.3. The molecule has 8 aromatic rings. The third-order valence-electron chi connectivity index (χ3n) is 8.73. The van der Waals surface area contributed by atoms with Gasteiger partial charge in [-0.15, -0.1) is 20.5 Å². The van der Waals surface area contributed by atoms with E-state index in [2.05, 4.69) is 20.5 Å². The van der Waals surface area contributed by atoms with E-state index in [0.29, 0.717) is 21.5 Å². The van der Waals surface area contributed by atoms with Crippen LogP contribution in [0.1, 0.15) is 0 Å². The van der Waals surface area contributed by atoms with Crippen molar-refractivity contribution in [3.63, 3.8) is 0 Å². The van der Waals surface area contributed by atoms with Gasteiger partial charge in [0.05, 0.1) is 0 Å². The number of nitrogens with zero attached hydrogens (tertiary/aromatic N) is 4. The summed E-state index contributed by atoms with van der Waals surface area (Å²) in [5, 5.41) is 61.4. The van der Waals surface area contributed by atoms with Crippen molar-refractivity contribution in [1.82, 2.24) is 0 Å². The van der Waals surface area contributed by atoms with Crippen LogP contribution in [0.25, 0.3) is 43.1 Å². The topological polar surface area (TPSA) is 239 Å². The first-order chi connectivity index (χ1) is 26.7. The molecule has 282 valence electrons. The van der Waals surface area contributed by atoms with E-state index in [-0.39, 0.29) is 64.5 Å². The molecule has 8 aromatic carbocycles. The molecule has 0 heterocycles. The molecule has 0 amide bonds. The minimum atomic E-state index is -4.54. The number of hydrogen-bond donors (Lipinski definition) is 6. The number of rotatable bonds is 6. The first-order valence-corrected chi connectivity index (χ1v) is 19.3. The monoisotopic (exact) mass is 852 g/mol. The Labute approximate surface area is 337 Å². The Morgan fingerprint density at radius 1 is 0.351 bits per heavy atom. The first-order valence-electron chi connectivity index (χ1n) is 16.4. The summed E-state index contributed by atoms with van der Waals surface area (Å²) in [7, 11) is -9.09. The van der Waals surface area contributed by atoms with E-state index >= 15 is 0 Å². The van der Waals surface area contributed by atoms with Gasteiger partial charge in [0.2, 0.25) is 0 Å². The molecule has 0 aliphatic rings. The molecular weight excluding hydrogens is 826 g/mol. The van der Waals surface area contributed by atoms with Gasteiger partial charge in [-0.25, -0.2) is 0 Å². The summed E-state index contributed by atoms with van der Waals surface area (Å²) >= 11 is 0. The van der Waals surface area contributed by atoms with Gasteiger partial charge in [-0.1, -0.05) is 109 Å². The third kappa shape index (κ3) is 8.14. The Morgan fingerprint density at radius 3 is 0.965 bits per heavy atom. The fourth-order valence-electron chi connectivity index (χ4n) is 6.16. The molecule has 14 nitrogen and oxygen atoms in total. The standard InChI is InChI=1S/2C20H14N2O5S.Zn/c2*23-16-10-9-12-5-1-2-6-13(12)19(16)21-22-20-15-8-4-3-7-14(15)18(11-17(20)24)28(25,26)27;/h2*1-11,23-24H,(H,25,26,27);. The zero-order chi connectivity index (χ0) is 39.8. The summed E-state index contributed by atoms with van der Waals surface area (Å²) in [6, 6.07) is 35.5. The molecule has 6 N–H and O–H groups in total. The predicted molar refractivity (Wildman–Crippen MR) is 210 cm³/mol. The van der Waals surface area contributed by atoms with Crippen molar-refractivity contribution in [2.24, 2.45) is 20.5 Å². The number of benzene rings is 8. The van der Waals surface area contributed by atoms with E-state index in [0.717, 1.165) is 22.9 Å². The number of fused-ring (bicyclic) bond motifs is 4. The minimum absolute atomic E-state index is 0. The Kier molecular flexibility index (Phi) is 11.3. The minimum Gasteiger partial charge on any atom is -0.506 e. The maximum atomic E-state index is 11.6. The molecule has 0 aromatic heterocycles. The zero-order valence-corrected chi connectivity index (χ0v) is 33.9.